The summed E-state index contributed by atoms with van der Waals surface area (Å²) in [6, 6.07) is 12.4. The standard InChI is InChI=1S/C20H27N5S/c1-4-21-19(23-14-20(2,3)17-10-7-13-26-17)22-12-11-18-24-15-8-5-6-9-16(15)25-18/h5-10,13H,4,11-12,14H2,1-3H3,(H,24,25)(H2,21,22,23). The number of nitrogens with one attached hydrogen (secondary N) is 3. The number of hydrogen-bond acceptors (Lipinski definition) is 3. The van der Waals surface area contributed by atoms with Crippen molar-refractivity contribution < 1.29 is 0 Å². The zero-order chi connectivity index (χ0) is 18.4. The van der Waals surface area contributed by atoms with Crippen LogP contribution in [0.2, 0.25) is 0 Å². The van der Waals surface area contributed by atoms with E-state index >= 15 is 0 Å². The first-order chi connectivity index (χ1) is 12.6. The molecule has 0 aliphatic carbocycles. The van der Waals surface area contributed by atoms with Crippen LogP contribution in [0.5, 0.6) is 0 Å². The first-order valence-corrected chi connectivity index (χ1v) is 9.96. The van der Waals surface area contributed by atoms with Crippen molar-refractivity contribution in [2.24, 2.45) is 4.99 Å². The van der Waals surface area contributed by atoms with Gasteiger partial charge in [-0.25, -0.2) is 4.98 Å². The minimum absolute atomic E-state index is 0.0370. The van der Waals surface area contributed by atoms with E-state index < -0.39 is 0 Å². The summed E-state index contributed by atoms with van der Waals surface area (Å²) >= 11 is 1.79. The molecule has 0 aliphatic rings. The molecular formula is C20H27N5S. The normalized spacial score (nSPS) is 12.5. The van der Waals surface area contributed by atoms with Crippen molar-refractivity contribution in [3.63, 3.8) is 0 Å². The largest absolute Gasteiger partial charge is 0.357 e. The monoisotopic (exact) mass is 369 g/mol. The van der Waals surface area contributed by atoms with E-state index in [9.17, 15) is 0 Å². The van der Waals surface area contributed by atoms with Crippen molar-refractivity contribution in [3.05, 3.63) is 52.5 Å². The van der Waals surface area contributed by atoms with Gasteiger partial charge in [0.1, 0.15) is 5.82 Å². The van der Waals surface area contributed by atoms with E-state index in [1.165, 1.54) is 4.88 Å². The molecule has 1 aromatic carbocycles. The van der Waals surface area contributed by atoms with E-state index in [4.69, 9.17) is 4.99 Å². The van der Waals surface area contributed by atoms with E-state index in [-0.39, 0.29) is 5.41 Å². The highest BCUT2D eigenvalue weighted by molar-refractivity contribution is 7.10. The van der Waals surface area contributed by atoms with Crippen LogP contribution in [0.25, 0.3) is 11.0 Å². The lowest BCUT2D eigenvalue weighted by atomic mass is 9.92. The summed E-state index contributed by atoms with van der Waals surface area (Å²) in [7, 11) is 0. The van der Waals surface area contributed by atoms with Crippen LogP contribution in [0.4, 0.5) is 0 Å². The molecule has 6 heteroatoms. The molecule has 0 saturated heterocycles. The van der Waals surface area contributed by atoms with Crippen molar-refractivity contribution >= 4 is 28.3 Å². The molecule has 5 nitrogen and oxygen atoms in total. The number of hydrogen-bond donors (Lipinski definition) is 3. The number of rotatable bonds is 7. The SMILES string of the molecule is CCNC(=NCC(C)(C)c1cccs1)NCCc1nc2ccccc2[nH]1. The number of para-hydroxylation sites is 2. The van der Waals surface area contributed by atoms with Gasteiger partial charge >= 0.3 is 0 Å². The Bertz CT molecular complexity index is 815. The Kier molecular flexibility index (Phi) is 5.93. The average molecular weight is 370 g/mol. The number of fused-ring (bicyclic) bond motifs is 1. The molecule has 0 radical (unpaired) electrons. The molecule has 138 valence electrons. The summed E-state index contributed by atoms with van der Waals surface area (Å²) < 4.78 is 0. The number of aliphatic imine (C=N–C) groups is 1. The molecule has 2 heterocycles. The van der Waals surface area contributed by atoms with E-state index in [1.807, 2.05) is 18.2 Å². The molecule has 0 bridgehead atoms. The minimum Gasteiger partial charge on any atom is -0.357 e. The number of aromatic amines is 1. The Balaban J connectivity index is 1.57. The minimum atomic E-state index is 0.0370. The molecule has 3 aromatic rings. The summed E-state index contributed by atoms with van der Waals surface area (Å²) in [6.45, 7) is 8.93. The maximum atomic E-state index is 4.79. The molecule has 0 unspecified atom stereocenters. The fourth-order valence-electron chi connectivity index (χ4n) is 2.78. The molecule has 2 aromatic heterocycles. The Morgan fingerprint density at radius 1 is 1.19 bits per heavy atom. The van der Waals surface area contributed by atoms with E-state index in [0.717, 1.165) is 48.9 Å². The number of nitrogens with zero attached hydrogens (tertiary/aromatic N) is 2. The van der Waals surface area contributed by atoms with Gasteiger partial charge in [0.15, 0.2) is 5.96 Å². The molecule has 0 spiro atoms. The van der Waals surface area contributed by atoms with Gasteiger partial charge in [-0.05, 0) is 30.5 Å². The van der Waals surface area contributed by atoms with Gasteiger partial charge in [0.25, 0.3) is 0 Å². The van der Waals surface area contributed by atoms with Gasteiger partial charge < -0.3 is 15.6 Å². The van der Waals surface area contributed by atoms with Crippen molar-refractivity contribution in [1.29, 1.82) is 0 Å². The molecule has 0 atom stereocenters. The van der Waals surface area contributed by atoms with Crippen LogP contribution < -0.4 is 10.6 Å². The quantitative estimate of drug-likeness (QED) is 0.439. The second kappa shape index (κ2) is 8.36. The Hall–Kier alpha value is -2.34. The van der Waals surface area contributed by atoms with E-state index in [1.54, 1.807) is 11.3 Å². The van der Waals surface area contributed by atoms with Crippen LogP contribution >= 0.6 is 11.3 Å². The number of aromatic nitrogens is 2. The summed E-state index contributed by atoms with van der Waals surface area (Å²) in [4.78, 5) is 14.1. The summed E-state index contributed by atoms with van der Waals surface area (Å²) in [5, 5.41) is 8.86. The van der Waals surface area contributed by atoms with Crippen molar-refractivity contribution in [1.82, 2.24) is 20.6 Å². The van der Waals surface area contributed by atoms with E-state index in [2.05, 4.69) is 65.0 Å². The highest BCUT2D eigenvalue weighted by Crippen LogP contribution is 2.27. The molecule has 3 N–H and O–H groups in total. The van der Waals surface area contributed by atoms with Gasteiger partial charge in [0, 0.05) is 29.8 Å². The lowest BCUT2D eigenvalue weighted by Gasteiger charge is -2.21. The predicted molar refractivity (Wildman–Crippen MR) is 111 cm³/mol. The number of thiophene rings is 1. The zero-order valence-corrected chi connectivity index (χ0v) is 16.5. The number of benzene rings is 1. The highest BCUT2D eigenvalue weighted by atomic mass is 32.1. The van der Waals surface area contributed by atoms with Gasteiger partial charge in [-0.15, -0.1) is 11.3 Å². The average Bonchev–Trinajstić information content (AvgIpc) is 3.29. The fourth-order valence-corrected chi connectivity index (χ4v) is 3.63. The molecular weight excluding hydrogens is 342 g/mol. The Morgan fingerprint density at radius 2 is 2.04 bits per heavy atom. The van der Waals surface area contributed by atoms with Crippen LogP contribution in [0.15, 0.2) is 46.8 Å². The second-order valence-electron chi connectivity index (χ2n) is 6.93. The lowest BCUT2D eigenvalue weighted by Crippen LogP contribution is -2.39. The van der Waals surface area contributed by atoms with Crippen molar-refractivity contribution in [2.45, 2.75) is 32.6 Å². The van der Waals surface area contributed by atoms with Gasteiger partial charge in [-0.1, -0.05) is 32.0 Å². The first kappa shape index (κ1) is 18.5. The van der Waals surface area contributed by atoms with E-state index in [0.29, 0.717) is 0 Å². The maximum Gasteiger partial charge on any atom is 0.191 e. The van der Waals surface area contributed by atoms with Gasteiger partial charge in [-0.2, -0.15) is 0 Å². The summed E-state index contributed by atoms with van der Waals surface area (Å²) in [5.74, 6) is 1.85. The second-order valence-corrected chi connectivity index (χ2v) is 7.88. The molecule has 0 saturated carbocycles. The Labute approximate surface area is 159 Å². The topological polar surface area (TPSA) is 65.1 Å². The zero-order valence-electron chi connectivity index (χ0n) is 15.7. The number of guanidine groups is 1. The third kappa shape index (κ3) is 4.64. The molecule has 0 amide bonds. The van der Waals surface area contributed by atoms with Crippen LogP contribution in [-0.4, -0.2) is 35.6 Å². The highest BCUT2D eigenvalue weighted by Gasteiger charge is 2.21. The maximum absolute atomic E-state index is 4.79. The molecule has 3 rings (SSSR count). The predicted octanol–water partition coefficient (Wildman–Crippen LogP) is 3.70. The fraction of sp³-hybridized carbons (Fsp3) is 0.400. The molecule has 26 heavy (non-hydrogen) atoms. The van der Waals surface area contributed by atoms with Crippen LogP contribution in [0.1, 0.15) is 31.5 Å². The van der Waals surface area contributed by atoms with Crippen LogP contribution in [0, 0.1) is 0 Å². The van der Waals surface area contributed by atoms with Crippen LogP contribution in [-0.2, 0) is 11.8 Å². The van der Waals surface area contributed by atoms with Crippen molar-refractivity contribution in [3.8, 4) is 0 Å². The third-order valence-electron chi connectivity index (χ3n) is 4.26. The van der Waals surface area contributed by atoms with Gasteiger partial charge in [0.2, 0.25) is 0 Å². The third-order valence-corrected chi connectivity index (χ3v) is 5.49. The van der Waals surface area contributed by atoms with Crippen LogP contribution in [0.3, 0.4) is 0 Å². The molecule has 0 fully saturated rings. The summed E-state index contributed by atoms with van der Waals surface area (Å²) in [6.07, 6.45) is 0.827. The number of imidazole rings is 1. The first-order valence-electron chi connectivity index (χ1n) is 9.08. The summed E-state index contributed by atoms with van der Waals surface area (Å²) in [5.41, 5.74) is 2.14. The van der Waals surface area contributed by atoms with Crippen molar-refractivity contribution in [2.75, 3.05) is 19.6 Å². The van der Waals surface area contributed by atoms with Gasteiger partial charge in [-0.3, -0.25) is 4.99 Å². The number of H-pyrrole nitrogens is 1. The molecule has 0 aliphatic heterocycles. The lowest BCUT2D eigenvalue weighted by molar-refractivity contribution is 0.548. The Morgan fingerprint density at radius 3 is 2.77 bits per heavy atom. The van der Waals surface area contributed by atoms with Gasteiger partial charge in [0.05, 0.1) is 17.6 Å². The smallest absolute Gasteiger partial charge is 0.191 e.